The Bertz CT molecular complexity index is 857. The van der Waals surface area contributed by atoms with Gasteiger partial charge in [0.05, 0.1) is 6.20 Å². The number of H-pyrrole nitrogens is 2. The summed E-state index contributed by atoms with van der Waals surface area (Å²) < 4.78 is 0. The third-order valence-electron chi connectivity index (χ3n) is 4.13. The predicted octanol–water partition coefficient (Wildman–Crippen LogP) is 0.980. The van der Waals surface area contributed by atoms with E-state index < -0.39 is 0 Å². The van der Waals surface area contributed by atoms with Crippen molar-refractivity contribution in [3.63, 3.8) is 0 Å². The fourth-order valence-corrected chi connectivity index (χ4v) is 2.89. The highest BCUT2D eigenvalue weighted by Gasteiger charge is 2.24. The van der Waals surface area contributed by atoms with Crippen molar-refractivity contribution in [1.29, 1.82) is 0 Å². The van der Waals surface area contributed by atoms with Crippen LogP contribution in [-0.2, 0) is 0 Å². The van der Waals surface area contributed by atoms with Gasteiger partial charge in [0.2, 0.25) is 5.95 Å². The van der Waals surface area contributed by atoms with Gasteiger partial charge >= 0.3 is 0 Å². The standard InChI is InChI=1S/C15H17N7O/c23-14-11-8-18-21-13(11)19-15(20-14)22-6-4-10(9-22)7-17-12-3-1-2-5-16-12/h1-3,5,8,10H,4,6-7,9H2,(H,16,17)(H2,18,19,20,21,23)/t10-/m1/s1. The van der Waals surface area contributed by atoms with Crippen LogP contribution < -0.4 is 15.8 Å². The number of nitrogens with zero attached hydrogens (tertiary/aromatic N) is 4. The largest absolute Gasteiger partial charge is 0.370 e. The number of hydrogen-bond donors (Lipinski definition) is 3. The lowest BCUT2D eigenvalue weighted by molar-refractivity contribution is 0.620. The van der Waals surface area contributed by atoms with Crippen LogP contribution in [0.3, 0.4) is 0 Å². The van der Waals surface area contributed by atoms with Gasteiger partial charge in [-0.05, 0) is 24.5 Å². The number of pyridine rings is 1. The van der Waals surface area contributed by atoms with Crippen LogP contribution in [0.15, 0.2) is 35.4 Å². The van der Waals surface area contributed by atoms with Gasteiger partial charge in [0.1, 0.15) is 11.2 Å². The smallest absolute Gasteiger partial charge is 0.263 e. The molecule has 0 aromatic carbocycles. The molecule has 0 amide bonds. The van der Waals surface area contributed by atoms with E-state index in [0.717, 1.165) is 31.9 Å². The average Bonchev–Trinajstić information content (AvgIpc) is 3.23. The molecule has 23 heavy (non-hydrogen) atoms. The fourth-order valence-electron chi connectivity index (χ4n) is 2.89. The summed E-state index contributed by atoms with van der Waals surface area (Å²) >= 11 is 0. The monoisotopic (exact) mass is 311 g/mol. The molecule has 0 aliphatic carbocycles. The molecule has 0 saturated carbocycles. The second-order valence-corrected chi connectivity index (χ2v) is 5.72. The van der Waals surface area contributed by atoms with E-state index in [-0.39, 0.29) is 5.56 Å². The van der Waals surface area contributed by atoms with E-state index in [1.54, 1.807) is 6.20 Å². The van der Waals surface area contributed by atoms with Crippen molar-refractivity contribution in [2.24, 2.45) is 5.92 Å². The number of aromatic amines is 2. The van der Waals surface area contributed by atoms with Gasteiger partial charge in [-0.2, -0.15) is 10.1 Å². The van der Waals surface area contributed by atoms with Crippen LogP contribution in [0.5, 0.6) is 0 Å². The number of nitrogens with one attached hydrogen (secondary N) is 3. The summed E-state index contributed by atoms with van der Waals surface area (Å²) in [6.07, 6.45) is 4.32. The first-order valence-corrected chi connectivity index (χ1v) is 7.63. The summed E-state index contributed by atoms with van der Waals surface area (Å²) in [6.45, 7) is 2.57. The molecular formula is C15H17N7O. The molecule has 3 aromatic heterocycles. The van der Waals surface area contributed by atoms with Gasteiger partial charge in [0, 0.05) is 25.8 Å². The number of hydrogen-bond acceptors (Lipinski definition) is 6. The minimum absolute atomic E-state index is 0.159. The zero-order valence-corrected chi connectivity index (χ0v) is 12.5. The van der Waals surface area contributed by atoms with E-state index in [1.807, 2.05) is 18.2 Å². The lowest BCUT2D eigenvalue weighted by Gasteiger charge is -2.17. The van der Waals surface area contributed by atoms with Crippen molar-refractivity contribution in [1.82, 2.24) is 25.1 Å². The molecule has 3 N–H and O–H groups in total. The third-order valence-corrected chi connectivity index (χ3v) is 4.13. The predicted molar refractivity (Wildman–Crippen MR) is 87.6 cm³/mol. The number of anilines is 2. The van der Waals surface area contributed by atoms with E-state index in [1.165, 1.54) is 6.20 Å². The maximum atomic E-state index is 12.0. The zero-order valence-electron chi connectivity index (χ0n) is 12.5. The molecule has 0 radical (unpaired) electrons. The molecule has 1 fully saturated rings. The maximum Gasteiger partial charge on any atom is 0.263 e. The van der Waals surface area contributed by atoms with Crippen LogP contribution in [-0.4, -0.2) is 44.8 Å². The molecule has 1 aliphatic rings. The maximum absolute atomic E-state index is 12.0. The summed E-state index contributed by atoms with van der Waals surface area (Å²) in [5, 5.41) is 10.5. The van der Waals surface area contributed by atoms with Gasteiger partial charge in [-0.15, -0.1) is 0 Å². The van der Waals surface area contributed by atoms with Crippen LogP contribution in [0.25, 0.3) is 11.0 Å². The minimum Gasteiger partial charge on any atom is -0.370 e. The van der Waals surface area contributed by atoms with Crippen LogP contribution >= 0.6 is 0 Å². The molecule has 1 atom stereocenters. The molecule has 8 heteroatoms. The Kier molecular flexibility index (Phi) is 3.41. The highest BCUT2D eigenvalue weighted by atomic mass is 16.1. The Hall–Kier alpha value is -2.90. The second-order valence-electron chi connectivity index (χ2n) is 5.72. The topological polar surface area (TPSA) is 103 Å². The van der Waals surface area contributed by atoms with Crippen molar-refractivity contribution in [3.05, 3.63) is 40.9 Å². The van der Waals surface area contributed by atoms with E-state index >= 15 is 0 Å². The molecule has 0 unspecified atom stereocenters. The Morgan fingerprint density at radius 1 is 1.39 bits per heavy atom. The molecule has 4 heterocycles. The highest BCUT2D eigenvalue weighted by Crippen LogP contribution is 2.21. The van der Waals surface area contributed by atoms with E-state index in [2.05, 4.69) is 35.4 Å². The van der Waals surface area contributed by atoms with Crippen molar-refractivity contribution in [2.75, 3.05) is 29.9 Å². The fraction of sp³-hybridized carbons (Fsp3) is 0.333. The number of rotatable bonds is 4. The van der Waals surface area contributed by atoms with Gasteiger partial charge < -0.3 is 10.2 Å². The van der Waals surface area contributed by atoms with E-state index in [0.29, 0.717) is 22.9 Å². The SMILES string of the molecule is O=c1[nH]c(N2CC[C@H](CNc3ccccn3)C2)nc2[nH]ncc12. The molecule has 0 spiro atoms. The molecule has 1 saturated heterocycles. The van der Waals surface area contributed by atoms with Crippen molar-refractivity contribution in [3.8, 4) is 0 Å². The molecular weight excluding hydrogens is 294 g/mol. The molecule has 118 valence electrons. The third kappa shape index (κ3) is 2.75. The number of fused-ring (bicyclic) bond motifs is 1. The Morgan fingerprint density at radius 3 is 3.22 bits per heavy atom. The average molecular weight is 311 g/mol. The molecule has 3 aromatic rings. The first kappa shape index (κ1) is 13.7. The minimum atomic E-state index is -0.159. The highest BCUT2D eigenvalue weighted by molar-refractivity contribution is 5.73. The second kappa shape index (κ2) is 5.71. The summed E-state index contributed by atoms with van der Waals surface area (Å²) in [4.78, 5) is 25.7. The Balaban J connectivity index is 1.44. The van der Waals surface area contributed by atoms with Gasteiger partial charge in [0.25, 0.3) is 5.56 Å². The van der Waals surface area contributed by atoms with Gasteiger partial charge in [-0.25, -0.2) is 4.98 Å². The van der Waals surface area contributed by atoms with Crippen LogP contribution in [0.4, 0.5) is 11.8 Å². The molecule has 1 aliphatic heterocycles. The lowest BCUT2D eigenvalue weighted by Crippen LogP contribution is -2.26. The summed E-state index contributed by atoms with van der Waals surface area (Å²) in [5.74, 6) is 1.98. The Morgan fingerprint density at radius 2 is 2.35 bits per heavy atom. The summed E-state index contributed by atoms with van der Waals surface area (Å²) in [6, 6.07) is 5.82. The van der Waals surface area contributed by atoms with Crippen molar-refractivity contribution >= 4 is 22.8 Å². The molecule has 8 nitrogen and oxygen atoms in total. The molecule has 0 bridgehead atoms. The van der Waals surface area contributed by atoms with Gasteiger partial charge in [0.15, 0.2) is 5.65 Å². The van der Waals surface area contributed by atoms with Gasteiger partial charge in [-0.1, -0.05) is 6.07 Å². The van der Waals surface area contributed by atoms with Crippen LogP contribution in [0.1, 0.15) is 6.42 Å². The normalized spacial score (nSPS) is 17.7. The van der Waals surface area contributed by atoms with E-state index in [4.69, 9.17) is 0 Å². The lowest BCUT2D eigenvalue weighted by atomic mass is 10.1. The zero-order chi connectivity index (χ0) is 15.6. The van der Waals surface area contributed by atoms with E-state index in [9.17, 15) is 4.79 Å². The summed E-state index contributed by atoms with van der Waals surface area (Å²) in [5.41, 5.74) is 0.368. The van der Waals surface area contributed by atoms with Crippen LogP contribution in [0.2, 0.25) is 0 Å². The first-order chi connectivity index (χ1) is 11.3. The van der Waals surface area contributed by atoms with Crippen molar-refractivity contribution in [2.45, 2.75) is 6.42 Å². The quantitative estimate of drug-likeness (QED) is 0.664. The number of aromatic nitrogens is 5. The molecule has 4 rings (SSSR count). The Labute approximate surface area is 132 Å². The summed E-state index contributed by atoms with van der Waals surface area (Å²) in [7, 11) is 0. The first-order valence-electron chi connectivity index (χ1n) is 7.63. The van der Waals surface area contributed by atoms with Crippen molar-refractivity contribution < 1.29 is 0 Å². The van der Waals surface area contributed by atoms with Crippen LogP contribution in [0, 0.1) is 5.92 Å². The van der Waals surface area contributed by atoms with Gasteiger partial charge in [-0.3, -0.25) is 14.9 Å².